The van der Waals surface area contributed by atoms with Gasteiger partial charge in [0.25, 0.3) is 0 Å². The molecule has 1 aromatic heterocycles. The minimum absolute atomic E-state index is 0.583. The second-order valence-corrected chi connectivity index (χ2v) is 6.72. The Bertz CT molecular complexity index is 682. The van der Waals surface area contributed by atoms with Gasteiger partial charge < -0.3 is 5.73 Å². The molecule has 4 heteroatoms. The highest BCUT2D eigenvalue weighted by Gasteiger charge is 2.22. The van der Waals surface area contributed by atoms with E-state index in [1.807, 2.05) is 0 Å². The Morgan fingerprint density at radius 1 is 1.29 bits per heavy atom. The Labute approximate surface area is 134 Å². The smallest absolute Gasteiger partial charge is 0.159 e. The maximum absolute atomic E-state index is 5.82. The summed E-state index contributed by atoms with van der Waals surface area (Å²) < 4.78 is 1.10. The highest BCUT2D eigenvalue weighted by molar-refractivity contribution is 9.10. The van der Waals surface area contributed by atoms with Gasteiger partial charge in [-0.15, -0.1) is 0 Å². The molecule has 0 amide bonds. The van der Waals surface area contributed by atoms with Gasteiger partial charge >= 0.3 is 0 Å². The third-order valence-corrected chi connectivity index (χ3v) is 5.20. The van der Waals surface area contributed by atoms with Gasteiger partial charge in [-0.3, -0.25) is 0 Å². The number of aromatic nitrogens is 2. The van der Waals surface area contributed by atoms with Crippen LogP contribution in [0.25, 0.3) is 11.4 Å². The topological polar surface area (TPSA) is 51.8 Å². The van der Waals surface area contributed by atoms with Crippen molar-refractivity contribution in [2.24, 2.45) is 11.7 Å². The largest absolute Gasteiger partial charge is 0.330 e. The summed E-state index contributed by atoms with van der Waals surface area (Å²) >= 11 is 3.58. The van der Waals surface area contributed by atoms with Crippen molar-refractivity contribution in [1.29, 1.82) is 0 Å². The molecule has 0 saturated carbocycles. The highest BCUT2D eigenvalue weighted by atomic mass is 79.9. The summed E-state index contributed by atoms with van der Waals surface area (Å²) in [5, 5.41) is 0. The fraction of sp³-hybridized carbons (Fsp3) is 0.412. The average Bonchev–Trinajstić information content (AvgIpc) is 2.49. The maximum atomic E-state index is 5.82. The first-order chi connectivity index (χ1) is 10.1. The van der Waals surface area contributed by atoms with Crippen molar-refractivity contribution in [2.45, 2.75) is 33.1 Å². The van der Waals surface area contributed by atoms with Crippen molar-refractivity contribution in [1.82, 2.24) is 9.97 Å². The fourth-order valence-electron chi connectivity index (χ4n) is 2.92. The van der Waals surface area contributed by atoms with Gasteiger partial charge in [-0.25, -0.2) is 9.97 Å². The molecule has 21 heavy (non-hydrogen) atoms. The lowest BCUT2D eigenvalue weighted by molar-refractivity contribution is 0.460. The molecule has 0 aliphatic heterocycles. The number of hydrogen-bond acceptors (Lipinski definition) is 3. The molecule has 0 spiro atoms. The lowest BCUT2D eigenvalue weighted by Gasteiger charge is -2.24. The maximum Gasteiger partial charge on any atom is 0.159 e. The van der Waals surface area contributed by atoms with E-state index in [-0.39, 0.29) is 0 Å². The number of rotatable bonds is 2. The molecule has 0 bridgehead atoms. The summed E-state index contributed by atoms with van der Waals surface area (Å²) in [6, 6.07) is 6.29. The van der Waals surface area contributed by atoms with Crippen LogP contribution in [0.4, 0.5) is 0 Å². The molecular weight excluding hydrogens is 326 g/mol. The summed E-state index contributed by atoms with van der Waals surface area (Å²) in [5.74, 6) is 1.41. The second-order valence-electron chi connectivity index (χ2n) is 5.87. The van der Waals surface area contributed by atoms with Crippen molar-refractivity contribution in [3.63, 3.8) is 0 Å². The minimum atomic E-state index is 0.583. The number of halogens is 1. The van der Waals surface area contributed by atoms with Gasteiger partial charge in [0.1, 0.15) is 0 Å². The zero-order valence-electron chi connectivity index (χ0n) is 12.5. The number of aryl methyl sites for hydroxylation is 3. The summed E-state index contributed by atoms with van der Waals surface area (Å²) in [6.45, 7) is 4.93. The summed E-state index contributed by atoms with van der Waals surface area (Å²) in [5.41, 5.74) is 11.7. The van der Waals surface area contributed by atoms with Gasteiger partial charge in [0, 0.05) is 21.4 Å². The van der Waals surface area contributed by atoms with Crippen LogP contribution in [0, 0.1) is 19.8 Å². The van der Waals surface area contributed by atoms with Crippen LogP contribution in [0.5, 0.6) is 0 Å². The van der Waals surface area contributed by atoms with Crippen molar-refractivity contribution < 1.29 is 0 Å². The Balaban J connectivity index is 2.02. The molecule has 1 aliphatic carbocycles. The van der Waals surface area contributed by atoms with Crippen LogP contribution in [0.3, 0.4) is 0 Å². The number of benzene rings is 1. The molecule has 0 saturated heterocycles. The predicted molar refractivity (Wildman–Crippen MR) is 89.2 cm³/mol. The Kier molecular flexibility index (Phi) is 4.09. The van der Waals surface area contributed by atoms with E-state index in [1.165, 1.54) is 16.8 Å². The highest BCUT2D eigenvalue weighted by Crippen LogP contribution is 2.29. The quantitative estimate of drug-likeness (QED) is 0.904. The standard InChI is InChI=1S/C17H20BrN3/c1-10-3-5-13(8-15(10)18)17-20-11(2)14-7-12(9-19)4-6-16(14)21-17/h3,5,8,12H,4,6-7,9,19H2,1-2H3. The van der Waals surface area contributed by atoms with Crippen LogP contribution in [-0.4, -0.2) is 16.5 Å². The summed E-state index contributed by atoms with van der Waals surface area (Å²) in [6.07, 6.45) is 3.17. The first kappa shape index (κ1) is 14.7. The number of nitrogens with two attached hydrogens (primary N) is 1. The molecule has 110 valence electrons. The number of nitrogens with zero attached hydrogens (tertiary/aromatic N) is 2. The third-order valence-electron chi connectivity index (χ3n) is 4.35. The van der Waals surface area contributed by atoms with Crippen molar-refractivity contribution in [3.8, 4) is 11.4 Å². The van der Waals surface area contributed by atoms with Crippen LogP contribution in [0.15, 0.2) is 22.7 Å². The van der Waals surface area contributed by atoms with Crippen molar-refractivity contribution in [2.75, 3.05) is 6.54 Å². The Morgan fingerprint density at radius 3 is 2.81 bits per heavy atom. The molecule has 1 unspecified atom stereocenters. The molecule has 2 N–H and O–H groups in total. The molecule has 1 aliphatic rings. The van der Waals surface area contributed by atoms with Gasteiger partial charge in [-0.2, -0.15) is 0 Å². The molecule has 2 aromatic rings. The fourth-order valence-corrected chi connectivity index (χ4v) is 3.30. The lowest BCUT2D eigenvalue weighted by atomic mass is 9.86. The molecule has 0 fully saturated rings. The zero-order chi connectivity index (χ0) is 15.0. The zero-order valence-corrected chi connectivity index (χ0v) is 14.1. The van der Waals surface area contributed by atoms with Crippen LogP contribution >= 0.6 is 15.9 Å². The van der Waals surface area contributed by atoms with Gasteiger partial charge in [0.15, 0.2) is 5.82 Å². The number of hydrogen-bond donors (Lipinski definition) is 1. The predicted octanol–water partition coefficient (Wildman–Crippen LogP) is 3.59. The van der Waals surface area contributed by atoms with Gasteiger partial charge in [-0.1, -0.05) is 28.1 Å². The first-order valence-electron chi connectivity index (χ1n) is 7.41. The van der Waals surface area contributed by atoms with Gasteiger partial charge in [0.2, 0.25) is 0 Å². The van der Waals surface area contributed by atoms with Crippen molar-refractivity contribution in [3.05, 3.63) is 45.2 Å². The third kappa shape index (κ3) is 2.87. The monoisotopic (exact) mass is 345 g/mol. The average molecular weight is 346 g/mol. The van der Waals surface area contributed by atoms with E-state index in [4.69, 9.17) is 15.7 Å². The van der Waals surface area contributed by atoms with Crippen LogP contribution in [0.1, 0.15) is 28.9 Å². The molecule has 3 nitrogen and oxygen atoms in total. The van der Waals surface area contributed by atoms with Crippen LogP contribution in [-0.2, 0) is 12.8 Å². The molecule has 1 aromatic carbocycles. The van der Waals surface area contributed by atoms with E-state index in [0.29, 0.717) is 5.92 Å². The van der Waals surface area contributed by atoms with E-state index >= 15 is 0 Å². The molecule has 1 heterocycles. The summed E-state index contributed by atoms with van der Waals surface area (Å²) in [4.78, 5) is 9.53. The molecule has 3 rings (SSSR count). The second kappa shape index (κ2) is 5.85. The number of fused-ring (bicyclic) bond motifs is 1. The van der Waals surface area contributed by atoms with Crippen LogP contribution in [0.2, 0.25) is 0 Å². The van der Waals surface area contributed by atoms with E-state index < -0.39 is 0 Å². The first-order valence-corrected chi connectivity index (χ1v) is 8.20. The van der Waals surface area contributed by atoms with Gasteiger partial charge in [-0.05, 0) is 62.8 Å². The van der Waals surface area contributed by atoms with Gasteiger partial charge in [0.05, 0.1) is 0 Å². The Morgan fingerprint density at radius 2 is 2.10 bits per heavy atom. The SMILES string of the molecule is Cc1ccc(-c2nc(C)c3c(n2)CCC(CN)C3)cc1Br. The van der Waals surface area contributed by atoms with Crippen molar-refractivity contribution >= 4 is 15.9 Å². The molecule has 1 atom stereocenters. The van der Waals surface area contributed by atoms with Crippen LogP contribution < -0.4 is 5.73 Å². The van der Waals surface area contributed by atoms with E-state index in [1.54, 1.807) is 0 Å². The molecule has 0 radical (unpaired) electrons. The van der Waals surface area contributed by atoms with E-state index in [2.05, 4.69) is 48.0 Å². The Hall–Kier alpha value is -1.26. The minimum Gasteiger partial charge on any atom is -0.330 e. The van der Waals surface area contributed by atoms with E-state index in [9.17, 15) is 0 Å². The lowest BCUT2D eigenvalue weighted by Crippen LogP contribution is -2.24. The normalized spacial score (nSPS) is 17.6. The summed E-state index contributed by atoms with van der Waals surface area (Å²) in [7, 11) is 0. The molecular formula is C17H20BrN3. The van der Waals surface area contributed by atoms with E-state index in [0.717, 1.165) is 47.4 Å².